The topological polar surface area (TPSA) is 66.8 Å². The fourth-order valence-electron chi connectivity index (χ4n) is 3.15. The molecule has 0 radical (unpaired) electrons. The van der Waals surface area contributed by atoms with E-state index in [1.54, 1.807) is 0 Å². The van der Waals surface area contributed by atoms with Gasteiger partial charge < -0.3 is 9.47 Å². The summed E-state index contributed by atoms with van der Waals surface area (Å²) in [6.45, 7) is 9.77. The first-order valence-electron chi connectivity index (χ1n) is 8.10. The van der Waals surface area contributed by atoms with Gasteiger partial charge in [0.15, 0.2) is 0 Å². The number of hydrogen-bond acceptors (Lipinski definition) is 3. The van der Waals surface area contributed by atoms with E-state index in [-0.39, 0.29) is 11.3 Å². The SMILES string of the molecule is Cc1cn(C)c([C@@H]2CCN(C(=O)c3cc(C(C)(C)C)[nH]n3)C2)n1. The second-order valence-corrected chi connectivity index (χ2v) is 7.51. The van der Waals surface area contributed by atoms with Gasteiger partial charge in [0, 0.05) is 43.4 Å². The molecule has 2 aromatic rings. The predicted octanol–water partition coefficient (Wildman–Crippen LogP) is 2.38. The van der Waals surface area contributed by atoms with Crippen LogP contribution in [-0.4, -0.2) is 43.6 Å². The van der Waals surface area contributed by atoms with Crippen molar-refractivity contribution >= 4 is 5.91 Å². The van der Waals surface area contributed by atoms with Gasteiger partial charge in [0.1, 0.15) is 11.5 Å². The molecule has 0 aromatic carbocycles. The Morgan fingerprint density at radius 3 is 2.70 bits per heavy atom. The lowest BCUT2D eigenvalue weighted by atomic mass is 9.92. The highest BCUT2D eigenvalue weighted by atomic mass is 16.2. The molecule has 0 bridgehead atoms. The van der Waals surface area contributed by atoms with Gasteiger partial charge in [0.2, 0.25) is 0 Å². The molecule has 1 aliphatic rings. The molecule has 6 heteroatoms. The number of nitrogens with one attached hydrogen (secondary N) is 1. The van der Waals surface area contributed by atoms with Crippen LogP contribution >= 0.6 is 0 Å². The smallest absolute Gasteiger partial charge is 0.274 e. The normalized spacial score (nSPS) is 18.7. The molecule has 1 saturated heterocycles. The lowest BCUT2D eigenvalue weighted by Crippen LogP contribution is -2.29. The quantitative estimate of drug-likeness (QED) is 0.925. The molecule has 1 amide bonds. The molecule has 1 atom stereocenters. The van der Waals surface area contributed by atoms with Crippen LogP contribution in [0.4, 0.5) is 0 Å². The number of imidazole rings is 1. The van der Waals surface area contributed by atoms with Gasteiger partial charge >= 0.3 is 0 Å². The van der Waals surface area contributed by atoms with Crippen LogP contribution in [0.1, 0.15) is 60.8 Å². The second-order valence-electron chi connectivity index (χ2n) is 7.51. The number of H-pyrrole nitrogens is 1. The van der Waals surface area contributed by atoms with Crippen molar-refractivity contribution in [3.63, 3.8) is 0 Å². The molecule has 1 fully saturated rings. The van der Waals surface area contributed by atoms with Crippen molar-refractivity contribution in [2.45, 2.75) is 45.4 Å². The maximum absolute atomic E-state index is 12.7. The summed E-state index contributed by atoms with van der Waals surface area (Å²) in [6, 6.07) is 1.88. The van der Waals surface area contributed by atoms with E-state index < -0.39 is 0 Å². The fourth-order valence-corrected chi connectivity index (χ4v) is 3.15. The molecular formula is C17H25N5O. The van der Waals surface area contributed by atoms with Crippen LogP contribution in [0.25, 0.3) is 0 Å². The number of aryl methyl sites for hydroxylation is 2. The number of likely N-dealkylation sites (tertiary alicyclic amines) is 1. The lowest BCUT2D eigenvalue weighted by molar-refractivity contribution is 0.0784. The van der Waals surface area contributed by atoms with Crippen molar-refractivity contribution in [2.75, 3.05) is 13.1 Å². The molecule has 1 aliphatic heterocycles. The summed E-state index contributed by atoms with van der Waals surface area (Å²) in [5, 5.41) is 7.20. The van der Waals surface area contributed by atoms with Crippen LogP contribution in [0.15, 0.2) is 12.3 Å². The summed E-state index contributed by atoms with van der Waals surface area (Å²) >= 11 is 0. The van der Waals surface area contributed by atoms with Gasteiger partial charge in [-0.25, -0.2) is 4.98 Å². The van der Waals surface area contributed by atoms with E-state index >= 15 is 0 Å². The minimum Gasteiger partial charge on any atom is -0.337 e. The van der Waals surface area contributed by atoms with E-state index in [9.17, 15) is 4.79 Å². The highest BCUT2D eigenvalue weighted by molar-refractivity contribution is 5.92. The van der Waals surface area contributed by atoms with Gasteiger partial charge in [0.05, 0.1) is 5.69 Å². The van der Waals surface area contributed by atoms with E-state index in [1.807, 2.05) is 31.1 Å². The molecule has 23 heavy (non-hydrogen) atoms. The van der Waals surface area contributed by atoms with Crippen molar-refractivity contribution in [3.8, 4) is 0 Å². The Balaban J connectivity index is 1.72. The zero-order chi connectivity index (χ0) is 16.8. The Labute approximate surface area is 136 Å². The molecule has 0 saturated carbocycles. The van der Waals surface area contributed by atoms with Crippen LogP contribution in [-0.2, 0) is 12.5 Å². The molecule has 3 rings (SSSR count). The summed E-state index contributed by atoms with van der Waals surface area (Å²) in [4.78, 5) is 19.2. The monoisotopic (exact) mass is 315 g/mol. The largest absolute Gasteiger partial charge is 0.337 e. The molecule has 6 nitrogen and oxygen atoms in total. The molecule has 0 spiro atoms. The molecule has 3 heterocycles. The van der Waals surface area contributed by atoms with Crippen LogP contribution in [0.5, 0.6) is 0 Å². The van der Waals surface area contributed by atoms with E-state index in [1.165, 1.54) is 0 Å². The number of nitrogens with zero attached hydrogens (tertiary/aromatic N) is 4. The maximum atomic E-state index is 12.7. The number of aromatic nitrogens is 4. The zero-order valence-electron chi connectivity index (χ0n) is 14.6. The zero-order valence-corrected chi connectivity index (χ0v) is 14.6. The number of carbonyl (C=O) groups excluding carboxylic acids is 1. The van der Waals surface area contributed by atoms with E-state index in [0.29, 0.717) is 18.2 Å². The highest BCUT2D eigenvalue weighted by Gasteiger charge is 2.31. The van der Waals surface area contributed by atoms with Gasteiger partial charge in [-0.15, -0.1) is 0 Å². The average molecular weight is 315 g/mol. The van der Waals surface area contributed by atoms with Gasteiger partial charge in [-0.05, 0) is 19.4 Å². The number of rotatable bonds is 2. The third-order valence-corrected chi connectivity index (χ3v) is 4.48. The summed E-state index contributed by atoms with van der Waals surface area (Å²) in [6.07, 6.45) is 2.98. The molecule has 2 aromatic heterocycles. The second kappa shape index (κ2) is 5.51. The van der Waals surface area contributed by atoms with Gasteiger partial charge in [-0.2, -0.15) is 5.10 Å². The summed E-state index contributed by atoms with van der Waals surface area (Å²) < 4.78 is 2.07. The standard InChI is InChI=1S/C17H25N5O/c1-11-9-21(5)15(18-11)12-6-7-22(10-12)16(23)13-8-14(20-19-13)17(2,3)4/h8-9,12H,6-7,10H2,1-5H3,(H,19,20)/t12-/m1/s1. The Bertz CT molecular complexity index is 722. The van der Waals surface area contributed by atoms with Crippen molar-refractivity contribution in [1.82, 2.24) is 24.6 Å². The summed E-state index contributed by atoms with van der Waals surface area (Å²) in [5.74, 6) is 1.37. The maximum Gasteiger partial charge on any atom is 0.274 e. The Kier molecular flexibility index (Phi) is 3.78. The van der Waals surface area contributed by atoms with Gasteiger partial charge in [-0.3, -0.25) is 9.89 Å². The molecule has 0 unspecified atom stereocenters. The van der Waals surface area contributed by atoms with Crippen molar-refractivity contribution < 1.29 is 4.79 Å². The van der Waals surface area contributed by atoms with Crippen molar-refractivity contribution in [3.05, 3.63) is 35.2 Å². The highest BCUT2D eigenvalue weighted by Crippen LogP contribution is 2.28. The summed E-state index contributed by atoms with van der Waals surface area (Å²) in [7, 11) is 2.02. The van der Waals surface area contributed by atoms with E-state index in [4.69, 9.17) is 0 Å². The number of carbonyl (C=O) groups is 1. The number of hydrogen-bond donors (Lipinski definition) is 1. The molecular weight excluding hydrogens is 290 g/mol. The first-order valence-corrected chi connectivity index (χ1v) is 8.10. The number of amides is 1. The van der Waals surface area contributed by atoms with E-state index in [2.05, 4.69) is 40.5 Å². The van der Waals surface area contributed by atoms with Crippen molar-refractivity contribution in [1.29, 1.82) is 0 Å². The van der Waals surface area contributed by atoms with Crippen LogP contribution in [0.3, 0.4) is 0 Å². The lowest BCUT2D eigenvalue weighted by Gasteiger charge is -2.16. The minimum absolute atomic E-state index is 0.00480. The summed E-state index contributed by atoms with van der Waals surface area (Å²) in [5.41, 5.74) is 2.47. The molecule has 124 valence electrons. The van der Waals surface area contributed by atoms with Crippen LogP contribution in [0, 0.1) is 6.92 Å². The Morgan fingerprint density at radius 2 is 2.13 bits per heavy atom. The van der Waals surface area contributed by atoms with E-state index in [0.717, 1.165) is 30.2 Å². The Morgan fingerprint density at radius 1 is 1.39 bits per heavy atom. The Hall–Kier alpha value is -2.11. The number of aromatic amines is 1. The predicted molar refractivity (Wildman–Crippen MR) is 88.5 cm³/mol. The molecule has 0 aliphatic carbocycles. The minimum atomic E-state index is -0.0381. The first kappa shape index (κ1) is 15.8. The van der Waals surface area contributed by atoms with Crippen molar-refractivity contribution in [2.24, 2.45) is 7.05 Å². The average Bonchev–Trinajstić information content (AvgIpc) is 3.16. The third-order valence-electron chi connectivity index (χ3n) is 4.48. The van der Waals surface area contributed by atoms with Crippen LogP contribution < -0.4 is 0 Å². The van der Waals surface area contributed by atoms with Gasteiger partial charge in [0.25, 0.3) is 5.91 Å². The molecule has 1 N–H and O–H groups in total. The van der Waals surface area contributed by atoms with Gasteiger partial charge in [-0.1, -0.05) is 20.8 Å². The first-order chi connectivity index (χ1) is 10.8. The third kappa shape index (κ3) is 3.02. The fraction of sp³-hybridized carbons (Fsp3) is 0.588. The van der Waals surface area contributed by atoms with Crippen LogP contribution in [0.2, 0.25) is 0 Å².